The molecule has 0 heterocycles. The molecule has 1 aromatic rings. The van der Waals surface area contributed by atoms with Gasteiger partial charge in [-0.2, -0.15) is 0 Å². The van der Waals surface area contributed by atoms with Gasteiger partial charge in [-0.15, -0.1) is 0 Å². The summed E-state index contributed by atoms with van der Waals surface area (Å²) in [6.07, 6.45) is 2.17. The minimum absolute atomic E-state index is 0.0600. The Hall–Kier alpha value is -1.55. The van der Waals surface area contributed by atoms with Crippen LogP contribution < -0.4 is 5.73 Å². The molecule has 0 bridgehead atoms. The lowest BCUT2D eigenvalue weighted by Gasteiger charge is -2.25. The molecule has 0 saturated heterocycles. The average Bonchev–Trinajstić information content (AvgIpc) is 3.16. The van der Waals surface area contributed by atoms with Crippen molar-refractivity contribution < 1.29 is 9.53 Å². The fourth-order valence-corrected chi connectivity index (χ4v) is 2.06. The Labute approximate surface area is 120 Å². The summed E-state index contributed by atoms with van der Waals surface area (Å²) in [6.45, 7) is 6.63. The summed E-state index contributed by atoms with van der Waals surface area (Å²) in [5, 5.41) is 0. The maximum Gasteiger partial charge on any atom is 0.249 e. The topological polar surface area (TPSA) is 55.6 Å². The van der Waals surface area contributed by atoms with Crippen molar-refractivity contribution in [2.24, 2.45) is 0 Å². The van der Waals surface area contributed by atoms with E-state index in [4.69, 9.17) is 10.5 Å². The molecule has 20 heavy (non-hydrogen) atoms. The number of benzene rings is 1. The summed E-state index contributed by atoms with van der Waals surface area (Å²) >= 11 is 0. The third-order valence-electron chi connectivity index (χ3n) is 3.24. The normalized spacial score (nSPS) is 15.2. The zero-order valence-corrected chi connectivity index (χ0v) is 12.6. The number of carbonyl (C=O) groups excluding carboxylic acids is 1. The molecule has 2 N–H and O–H groups in total. The molecule has 1 amide bonds. The van der Waals surface area contributed by atoms with Crippen LogP contribution in [0, 0.1) is 0 Å². The number of anilines is 1. The number of amides is 1. The third-order valence-corrected chi connectivity index (χ3v) is 3.24. The standard InChI is InChI=1S/C16H24N2O2/c1-16(2,3)20-11-15(19)18(14-7-8-14)10-12-5-4-6-13(17)9-12/h4-6,9,14H,7-8,10-11,17H2,1-3H3. The van der Waals surface area contributed by atoms with E-state index in [9.17, 15) is 4.79 Å². The lowest BCUT2D eigenvalue weighted by molar-refractivity contribution is -0.142. The van der Waals surface area contributed by atoms with E-state index in [1.807, 2.05) is 49.9 Å². The molecule has 4 heteroatoms. The van der Waals surface area contributed by atoms with Crippen LogP contribution in [0.4, 0.5) is 5.69 Å². The summed E-state index contributed by atoms with van der Waals surface area (Å²) in [5.41, 5.74) is 7.30. The zero-order valence-electron chi connectivity index (χ0n) is 12.6. The molecule has 1 fully saturated rings. The molecular formula is C16H24N2O2. The van der Waals surface area contributed by atoms with Crippen LogP contribution in [0.25, 0.3) is 0 Å². The smallest absolute Gasteiger partial charge is 0.249 e. The molecule has 0 unspecified atom stereocenters. The highest BCUT2D eigenvalue weighted by molar-refractivity contribution is 5.78. The van der Waals surface area contributed by atoms with Gasteiger partial charge in [0.2, 0.25) is 5.91 Å². The SMILES string of the molecule is CC(C)(C)OCC(=O)N(Cc1cccc(N)c1)C1CC1. The molecule has 0 radical (unpaired) electrons. The lowest BCUT2D eigenvalue weighted by Crippen LogP contribution is -2.37. The second kappa shape index (κ2) is 5.83. The average molecular weight is 276 g/mol. The molecule has 4 nitrogen and oxygen atoms in total. The summed E-state index contributed by atoms with van der Waals surface area (Å²) in [4.78, 5) is 14.2. The van der Waals surface area contributed by atoms with Gasteiger partial charge in [-0.1, -0.05) is 12.1 Å². The first-order chi connectivity index (χ1) is 9.35. The Morgan fingerprint density at radius 2 is 2.10 bits per heavy atom. The summed E-state index contributed by atoms with van der Waals surface area (Å²) in [5.74, 6) is 0.0600. The Morgan fingerprint density at radius 3 is 2.65 bits per heavy atom. The minimum atomic E-state index is -0.290. The molecule has 110 valence electrons. The minimum Gasteiger partial charge on any atom is -0.399 e. The van der Waals surface area contributed by atoms with Crippen LogP contribution in [0.5, 0.6) is 0 Å². The number of nitrogens with zero attached hydrogens (tertiary/aromatic N) is 1. The van der Waals surface area contributed by atoms with E-state index in [2.05, 4.69) is 0 Å². The van der Waals surface area contributed by atoms with E-state index in [0.29, 0.717) is 12.6 Å². The molecule has 1 saturated carbocycles. The van der Waals surface area contributed by atoms with Crippen LogP contribution in [0.2, 0.25) is 0 Å². The fraction of sp³-hybridized carbons (Fsp3) is 0.562. The summed E-state index contributed by atoms with van der Waals surface area (Å²) in [6, 6.07) is 8.07. The van der Waals surface area contributed by atoms with Crippen molar-refractivity contribution in [2.45, 2.75) is 51.8 Å². The fourth-order valence-electron chi connectivity index (χ4n) is 2.06. The number of nitrogens with two attached hydrogens (primary N) is 1. The Bertz CT molecular complexity index is 476. The van der Waals surface area contributed by atoms with Gasteiger partial charge in [0.1, 0.15) is 6.61 Å². The first kappa shape index (κ1) is 14.9. The summed E-state index contributed by atoms with van der Waals surface area (Å²) < 4.78 is 5.60. The van der Waals surface area contributed by atoms with Crippen LogP contribution in [0.1, 0.15) is 39.2 Å². The van der Waals surface area contributed by atoms with Crippen LogP contribution in [-0.4, -0.2) is 29.1 Å². The highest BCUT2D eigenvalue weighted by atomic mass is 16.5. The number of rotatable bonds is 5. The van der Waals surface area contributed by atoms with Crippen molar-refractivity contribution in [1.29, 1.82) is 0 Å². The van der Waals surface area contributed by atoms with E-state index < -0.39 is 0 Å². The van der Waals surface area contributed by atoms with Gasteiger partial charge in [0, 0.05) is 18.3 Å². The van der Waals surface area contributed by atoms with Crippen molar-refractivity contribution in [3.8, 4) is 0 Å². The zero-order chi connectivity index (χ0) is 14.8. The van der Waals surface area contributed by atoms with E-state index in [1.54, 1.807) is 0 Å². The van der Waals surface area contributed by atoms with Gasteiger partial charge in [-0.05, 0) is 51.3 Å². The number of carbonyl (C=O) groups is 1. The third kappa shape index (κ3) is 4.53. The largest absolute Gasteiger partial charge is 0.399 e. The molecule has 0 atom stereocenters. The second-order valence-corrected chi connectivity index (χ2v) is 6.40. The van der Waals surface area contributed by atoms with Gasteiger partial charge in [0.15, 0.2) is 0 Å². The Kier molecular flexibility index (Phi) is 4.33. The van der Waals surface area contributed by atoms with Gasteiger partial charge < -0.3 is 15.4 Å². The quantitative estimate of drug-likeness (QED) is 0.841. The Morgan fingerprint density at radius 1 is 1.40 bits per heavy atom. The van der Waals surface area contributed by atoms with Crippen molar-refractivity contribution in [3.63, 3.8) is 0 Å². The van der Waals surface area contributed by atoms with Crippen LogP contribution in [-0.2, 0) is 16.1 Å². The molecular weight excluding hydrogens is 252 g/mol. The van der Waals surface area contributed by atoms with Crippen molar-refractivity contribution in [1.82, 2.24) is 4.90 Å². The van der Waals surface area contributed by atoms with Crippen molar-refractivity contribution >= 4 is 11.6 Å². The van der Waals surface area contributed by atoms with Crippen LogP contribution >= 0.6 is 0 Å². The van der Waals surface area contributed by atoms with Gasteiger partial charge in [0.25, 0.3) is 0 Å². The highest BCUT2D eigenvalue weighted by Gasteiger charge is 2.33. The number of ether oxygens (including phenoxy) is 1. The molecule has 1 aromatic carbocycles. The Balaban J connectivity index is 1.98. The van der Waals surface area contributed by atoms with E-state index in [-0.39, 0.29) is 18.1 Å². The maximum atomic E-state index is 12.3. The molecule has 2 rings (SSSR count). The lowest BCUT2D eigenvalue weighted by atomic mass is 10.2. The first-order valence-corrected chi connectivity index (χ1v) is 7.13. The number of hydrogen-bond donors (Lipinski definition) is 1. The van der Waals surface area contributed by atoms with Gasteiger partial charge in [-0.3, -0.25) is 4.79 Å². The van der Waals surface area contributed by atoms with Crippen molar-refractivity contribution in [2.75, 3.05) is 12.3 Å². The van der Waals surface area contributed by atoms with E-state index >= 15 is 0 Å². The summed E-state index contributed by atoms with van der Waals surface area (Å²) in [7, 11) is 0. The van der Waals surface area contributed by atoms with Gasteiger partial charge >= 0.3 is 0 Å². The van der Waals surface area contributed by atoms with Gasteiger partial charge in [0.05, 0.1) is 5.60 Å². The first-order valence-electron chi connectivity index (χ1n) is 7.13. The van der Waals surface area contributed by atoms with E-state index in [0.717, 1.165) is 24.1 Å². The maximum absolute atomic E-state index is 12.3. The predicted molar refractivity (Wildman–Crippen MR) is 80.1 cm³/mol. The predicted octanol–water partition coefficient (Wildman–Crippen LogP) is 2.57. The highest BCUT2D eigenvalue weighted by Crippen LogP contribution is 2.29. The number of hydrogen-bond acceptors (Lipinski definition) is 3. The second-order valence-electron chi connectivity index (χ2n) is 6.40. The van der Waals surface area contributed by atoms with Crippen LogP contribution in [0.3, 0.4) is 0 Å². The van der Waals surface area contributed by atoms with Crippen LogP contribution in [0.15, 0.2) is 24.3 Å². The monoisotopic (exact) mass is 276 g/mol. The number of nitrogen functional groups attached to an aromatic ring is 1. The molecule has 0 aliphatic heterocycles. The molecule has 0 spiro atoms. The van der Waals surface area contributed by atoms with E-state index in [1.165, 1.54) is 0 Å². The molecule has 0 aromatic heterocycles. The van der Waals surface area contributed by atoms with Gasteiger partial charge in [-0.25, -0.2) is 0 Å². The van der Waals surface area contributed by atoms with Crippen molar-refractivity contribution in [3.05, 3.63) is 29.8 Å². The molecule has 1 aliphatic rings. The molecule has 1 aliphatic carbocycles.